The minimum Gasteiger partial charge on any atom is -0.257 e. The standard InChI is InChI=1S/C11H8ClN/c12-11-6-2-1-4-9(11)8-10-5-3-7-13-10/h1-8H. The lowest BCUT2D eigenvalue weighted by atomic mass is 10.2. The molecule has 1 nitrogen and oxygen atoms in total. The number of hydrogen-bond acceptors (Lipinski definition) is 1. The maximum Gasteiger partial charge on any atom is 0.0636 e. The van der Waals surface area contributed by atoms with Crippen molar-refractivity contribution in [1.82, 2.24) is 0 Å². The molecule has 0 amide bonds. The van der Waals surface area contributed by atoms with Gasteiger partial charge in [-0.2, -0.15) is 0 Å². The summed E-state index contributed by atoms with van der Waals surface area (Å²) in [5, 5.41) is 0.755. The quantitative estimate of drug-likeness (QED) is 0.643. The van der Waals surface area contributed by atoms with Crippen molar-refractivity contribution < 1.29 is 0 Å². The second-order valence-electron chi connectivity index (χ2n) is 2.73. The molecule has 13 heavy (non-hydrogen) atoms. The molecule has 0 unspecified atom stereocenters. The highest BCUT2D eigenvalue weighted by molar-refractivity contribution is 6.32. The number of allylic oxidation sites excluding steroid dienone is 2. The summed E-state index contributed by atoms with van der Waals surface area (Å²) in [6.45, 7) is 0. The average molecular weight is 190 g/mol. The Morgan fingerprint density at radius 3 is 2.77 bits per heavy atom. The summed E-state index contributed by atoms with van der Waals surface area (Å²) in [6, 6.07) is 7.71. The van der Waals surface area contributed by atoms with E-state index >= 15 is 0 Å². The molecule has 0 radical (unpaired) electrons. The summed E-state index contributed by atoms with van der Waals surface area (Å²) in [6.07, 6.45) is 7.58. The predicted octanol–water partition coefficient (Wildman–Crippen LogP) is 3.32. The third kappa shape index (κ3) is 1.87. The van der Waals surface area contributed by atoms with Gasteiger partial charge in [-0.05, 0) is 29.9 Å². The fourth-order valence-corrected chi connectivity index (χ4v) is 1.34. The van der Waals surface area contributed by atoms with Crippen LogP contribution in [0.1, 0.15) is 5.56 Å². The number of halogens is 1. The van der Waals surface area contributed by atoms with Crippen LogP contribution < -0.4 is 0 Å². The van der Waals surface area contributed by atoms with Gasteiger partial charge in [0.15, 0.2) is 0 Å². The molecule has 0 N–H and O–H groups in total. The Balaban J connectivity index is 2.37. The zero-order valence-corrected chi connectivity index (χ0v) is 7.70. The van der Waals surface area contributed by atoms with E-state index in [1.165, 1.54) is 0 Å². The van der Waals surface area contributed by atoms with E-state index in [2.05, 4.69) is 4.99 Å². The first kappa shape index (κ1) is 8.27. The van der Waals surface area contributed by atoms with E-state index < -0.39 is 0 Å². The largest absolute Gasteiger partial charge is 0.257 e. The molecule has 0 saturated heterocycles. The van der Waals surface area contributed by atoms with Crippen molar-refractivity contribution in [2.75, 3.05) is 0 Å². The highest BCUT2D eigenvalue weighted by Crippen LogP contribution is 2.19. The molecule has 1 heterocycles. The van der Waals surface area contributed by atoms with Crippen molar-refractivity contribution in [2.45, 2.75) is 0 Å². The highest BCUT2D eigenvalue weighted by atomic mass is 35.5. The molecular weight excluding hydrogens is 182 g/mol. The van der Waals surface area contributed by atoms with Crippen LogP contribution in [0, 0.1) is 0 Å². The van der Waals surface area contributed by atoms with Crippen LogP contribution >= 0.6 is 11.6 Å². The van der Waals surface area contributed by atoms with Gasteiger partial charge in [0.05, 0.1) is 5.70 Å². The normalized spacial score (nSPS) is 17.2. The van der Waals surface area contributed by atoms with Crippen molar-refractivity contribution in [2.24, 2.45) is 4.99 Å². The van der Waals surface area contributed by atoms with Crippen molar-refractivity contribution in [1.29, 1.82) is 0 Å². The number of nitrogens with zero attached hydrogens (tertiary/aromatic N) is 1. The minimum atomic E-state index is 0.755. The van der Waals surface area contributed by atoms with Crippen molar-refractivity contribution in [3.05, 3.63) is 52.7 Å². The molecule has 0 saturated carbocycles. The molecule has 0 fully saturated rings. The molecule has 0 atom stereocenters. The van der Waals surface area contributed by atoms with Crippen LogP contribution in [0.15, 0.2) is 47.1 Å². The lowest BCUT2D eigenvalue weighted by molar-refractivity contribution is 1.49. The summed E-state index contributed by atoms with van der Waals surface area (Å²) in [5.74, 6) is 0. The molecule has 1 aliphatic heterocycles. The lowest BCUT2D eigenvalue weighted by Crippen LogP contribution is -1.75. The van der Waals surface area contributed by atoms with Crippen LogP contribution in [-0.2, 0) is 0 Å². The van der Waals surface area contributed by atoms with Gasteiger partial charge in [0.1, 0.15) is 0 Å². The fraction of sp³-hybridized carbons (Fsp3) is 0. The van der Waals surface area contributed by atoms with E-state index in [0.29, 0.717) is 0 Å². The van der Waals surface area contributed by atoms with Gasteiger partial charge in [-0.15, -0.1) is 0 Å². The maximum absolute atomic E-state index is 5.98. The molecule has 2 heteroatoms. The van der Waals surface area contributed by atoms with Crippen LogP contribution in [0.5, 0.6) is 0 Å². The molecular formula is C11H8ClN. The van der Waals surface area contributed by atoms with Gasteiger partial charge in [0.25, 0.3) is 0 Å². The molecule has 1 aromatic carbocycles. The Morgan fingerprint density at radius 2 is 2.08 bits per heavy atom. The van der Waals surface area contributed by atoms with E-state index in [1.807, 2.05) is 42.5 Å². The number of aliphatic imine (C=N–C) groups is 1. The second-order valence-corrected chi connectivity index (χ2v) is 3.14. The molecule has 0 aliphatic carbocycles. The Bertz CT molecular complexity index is 388. The summed E-state index contributed by atoms with van der Waals surface area (Å²) >= 11 is 5.98. The van der Waals surface area contributed by atoms with Gasteiger partial charge in [0.2, 0.25) is 0 Å². The number of hydrogen-bond donors (Lipinski definition) is 0. The molecule has 0 bridgehead atoms. The summed E-state index contributed by atoms with van der Waals surface area (Å²) in [5.41, 5.74) is 1.94. The van der Waals surface area contributed by atoms with Crippen LogP contribution in [-0.4, -0.2) is 6.21 Å². The Kier molecular flexibility index (Phi) is 2.28. The SMILES string of the molecule is Clc1ccccc1C=C1C=CC=N1. The first-order valence-electron chi connectivity index (χ1n) is 4.03. The van der Waals surface area contributed by atoms with Crippen LogP contribution in [0.2, 0.25) is 5.02 Å². The van der Waals surface area contributed by atoms with E-state index in [4.69, 9.17) is 11.6 Å². The number of benzene rings is 1. The first-order chi connectivity index (χ1) is 6.36. The van der Waals surface area contributed by atoms with Crippen molar-refractivity contribution >= 4 is 23.9 Å². The number of rotatable bonds is 1. The predicted molar refractivity (Wildman–Crippen MR) is 57.1 cm³/mol. The first-order valence-corrected chi connectivity index (χ1v) is 4.41. The van der Waals surface area contributed by atoms with Gasteiger partial charge < -0.3 is 0 Å². The van der Waals surface area contributed by atoms with Gasteiger partial charge in [0, 0.05) is 11.2 Å². The van der Waals surface area contributed by atoms with E-state index in [1.54, 1.807) is 6.21 Å². The van der Waals surface area contributed by atoms with Gasteiger partial charge in [-0.3, -0.25) is 4.99 Å². The van der Waals surface area contributed by atoms with Crippen molar-refractivity contribution in [3.63, 3.8) is 0 Å². The van der Waals surface area contributed by atoms with Crippen molar-refractivity contribution in [3.8, 4) is 0 Å². The summed E-state index contributed by atoms with van der Waals surface area (Å²) in [4.78, 5) is 4.14. The topological polar surface area (TPSA) is 12.4 Å². The highest BCUT2D eigenvalue weighted by Gasteiger charge is 1.97. The van der Waals surface area contributed by atoms with Crippen LogP contribution in [0.4, 0.5) is 0 Å². The molecule has 2 rings (SSSR count). The van der Waals surface area contributed by atoms with E-state index in [9.17, 15) is 0 Å². The zero-order chi connectivity index (χ0) is 9.10. The third-order valence-corrected chi connectivity index (χ3v) is 2.13. The Labute approximate surface area is 82.1 Å². The molecule has 1 aliphatic rings. The molecule has 0 aromatic heterocycles. The van der Waals surface area contributed by atoms with E-state index in [0.717, 1.165) is 16.3 Å². The zero-order valence-electron chi connectivity index (χ0n) is 6.94. The maximum atomic E-state index is 5.98. The Morgan fingerprint density at radius 1 is 1.23 bits per heavy atom. The minimum absolute atomic E-state index is 0.755. The smallest absolute Gasteiger partial charge is 0.0636 e. The average Bonchev–Trinajstić information content (AvgIpc) is 2.61. The van der Waals surface area contributed by atoms with Crippen LogP contribution in [0.25, 0.3) is 6.08 Å². The van der Waals surface area contributed by atoms with Gasteiger partial charge in [-0.25, -0.2) is 0 Å². The Hall–Kier alpha value is -1.34. The molecule has 0 spiro atoms. The van der Waals surface area contributed by atoms with E-state index in [-0.39, 0.29) is 0 Å². The van der Waals surface area contributed by atoms with Gasteiger partial charge >= 0.3 is 0 Å². The van der Waals surface area contributed by atoms with Gasteiger partial charge in [-0.1, -0.05) is 29.8 Å². The monoisotopic (exact) mass is 189 g/mol. The third-order valence-electron chi connectivity index (χ3n) is 1.79. The molecule has 64 valence electrons. The lowest BCUT2D eigenvalue weighted by Gasteiger charge is -1.96. The summed E-state index contributed by atoms with van der Waals surface area (Å²) in [7, 11) is 0. The fourth-order valence-electron chi connectivity index (χ4n) is 1.15. The second kappa shape index (κ2) is 3.58. The van der Waals surface area contributed by atoms with Crippen LogP contribution in [0.3, 0.4) is 0 Å². The summed E-state index contributed by atoms with van der Waals surface area (Å²) < 4.78 is 0. The molecule has 1 aromatic rings.